The summed E-state index contributed by atoms with van der Waals surface area (Å²) < 4.78 is 1.81. The predicted octanol–water partition coefficient (Wildman–Crippen LogP) is 4.98. The predicted molar refractivity (Wildman–Crippen MR) is 122 cm³/mol. The van der Waals surface area contributed by atoms with Gasteiger partial charge in [0.25, 0.3) is 5.91 Å². The van der Waals surface area contributed by atoms with Gasteiger partial charge in [-0.15, -0.1) is 0 Å². The minimum absolute atomic E-state index is 0.0961. The molecule has 0 bridgehead atoms. The molecule has 31 heavy (non-hydrogen) atoms. The number of hydrogen-bond donors (Lipinski definition) is 0. The molecule has 1 amide bonds. The van der Waals surface area contributed by atoms with Gasteiger partial charge in [0.15, 0.2) is 5.69 Å². The molecule has 0 spiro atoms. The molecule has 0 saturated heterocycles. The van der Waals surface area contributed by atoms with E-state index in [9.17, 15) is 4.79 Å². The number of benzene rings is 2. The molecular weight excluding hydrogens is 384 g/mol. The minimum Gasteiger partial charge on any atom is -0.329 e. The van der Waals surface area contributed by atoms with E-state index in [4.69, 9.17) is 0 Å². The third-order valence-electron chi connectivity index (χ3n) is 5.30. The quantitative estimate of drug-likeness (QED) is 0.432. The molecule has 0 N–H and O–H groups in total. The SMILES string of the molecule is CCc1ccc(CN(Cc2cccnc2)C(=O)c2cc(C)n(-c3ccccc3)n2)cc1. The van der Waals surface area contributed by atoms with Crippen molar-refractivity contribution in [3.8, 4) is 5.69 Å². The average molecular weight is 411 g/mol. The number of rotatable bonds is 7. The van der Waals surface area contributed by atoms with Crippen molar-refractivity contribution in [2.45, 2.75) is 33.4 Å². The molecule has 0 aliphatic rings. The van der Waals surface area contributed by atoms with Crippen molar-refractivity contribution in [1.82, 2.24) is 19.7 Å². The second-order valence-electron chi connectivity index (χ2n) is 7.61. The van der Waals surface area contributed by atoms with Crippen LogP contribution < -0.4 is 0 Å². The third kappa shape index (κ3) is 4.89. The highest BCUT2D eigenvalue weighted by molar-refractivity contribution is 5.92. The summed E-state index contributed by atoms with van der Waals surface area (Å²) in [6.45, 7) is 5.08. The number of amides is 1. The molecular formula is C26H26N4O. The Labute approximate surface area is 183 Å². The van der Waals surface area contributed by atoms with Gasteiger partial charge in [-0.2, -0.15) is 5.10 Å². The number of aromatic nitrogens is 3. The lowest BCUT2D eigenvalue weighted by Gasteiger charge is -2.22. The molecule has 2 aromatic heterocycles. The fourth-order valence-electron chi connectivity index (χ4n) is 3.58. The van der Waals surface area contributed by atoms with Gasteiger partial charge in [-0.1, -0.05) is 55.5 Å². The molecule has 0 aliphatic carbocycles. The van der Waals surface area contributed by atoms with Crippen molar-refractivity contribution < 1.29 is 4.79 Å². The van der Waals surface area contributed by atoms with Crippen LogP contribution in [-0.4, -0.2) is 25.6 Å². The van der Waals surface area contributed by atoms with Crippen molar-refractivity contribution in [3.05, 3.63) is 113 Å². The smallest absolute Gasteiger partial charge is 0.274 e. The first-order valence-corrected chi connectivity index (χ1v) is 10.5. The minimum atomic E-state index is -0.0961. The van der Waals surface area contributed by atoms with Gasteiger partial charge in [0.2, 0.25) is 0 Å². The molecule has 0 radical (unpaired) electrons. The fourth-order valence-corrected chi connectivity index (χ4v) is 3.58. The van der Waals surface area contributed by atoms with E-state index in [-0.39, 0.29) is 5.91 Å². The average Bonchev–Trinajstić information content (AvgIpc) is 3.21. The van der Waals surface area contributed by atoms with Crippen LogP contribution >= 0.6 is 0 Å². The summed E-state index contributed by atoms with van der Waals surface area (Å²) in [7, 11) is 0. The van der Waals surface area contributed by atoms with Crippen LogP contribution in [0.15, 0.2) is 85.2 Å². The molecule has 0 atom stereocenters. The fraction of sp³-hybridized carbons (Fsp3) is 0.192. The van der Waals surface area contributed by atoms with Gasteiger partial charge in [-0.05, 0) is 54.3 Å². The molecule has 4 aromatic rings. The molecule has 2 aromatic carbocycles. The number of pyridine rings is 1. The van der Waals surface area contributed by atoms with E-state index in [1.165, 1.54) is 5.56 Å². The maximum atomic E-state index is 13.5. The molecule has 0 unspecified atom stereocenters. The Morgan fingerprint density at radius 3 is 2.29 bits per heavy atom. The Morgan fingerprint density at radius 1 is 0.903 bits per heavy atom. The van der Waals surface area contributed by atoms with Crippen LogP contribution in [-0.2, 0) is 19.5 Å². The van der Waals surface area contributed by atoms with Gasteiger partial charge in [-0.3, -0.25) is 9.78 Å². The zero-order valence-electron chi connectivity index (χ0n) is 17.9. The summed E-state index contributed by atoms with van der Waals surface area (Å²) in [6, 6.07) is 24.0. The van der Waals surface area contributed by atoms with E-state index in [1.54, 1.807) is 12.4 Å². The van der Waals surface area contributed by atoms with Crippen LogP contribution in [0.3, 0.4) is 0 Å². The summed E-state index contributed by atoms with van der Waals surface area (Å²) in [5.41, 5.74) is 5.66. The summed E-state index contributed by atoms with van der Waals surface area (Å²) in [5.74, 6) is -0.0961. The van der Waals surface area contributed by atoms with Gasteiger partial charge >= 0.3 is 0 Å². The van der Waals surface area contributed by atoms with E-state index in [0.29, 0.717) is 18.8 Å². The molecule has 5 heteroatoms. The molecule has 156 valence electrons. The van der Waals surface area contributed by atoms with Gasteiger partial charge in [0.1, 0.15) is 0 Å². The number of aryl methyl sites for hydroxylation is 2. The van der Waals surface area contributed by atoms with Crippen LogP contribution in [0.25, 0.3) is 5.69 Å². The summed E-state index contributed by atoms with van der Waals surface area (Å²) in [4.78, 5) is 19.5. The molecule has 5 nitrogen and oxygen atoms in total. The van der Waals surface area contributed by atoms with E-state index >= 15 is 0 Å². The number of carbonyl (C=O) groups excluding carboxylic acids is 1. The maximum Gasteiger partial charge on any atom is 0.274 e. The normalized spacial score (nSPS) is 10.8. The van der Waals surface area contributed by atoms with Crippen molar-refractivity contribution >= 4 is 5.91 Å². The van der Waals surface area contributed by atoms with Crippen molar-refractivity contribution in [3.63, 3.8) is 0 Å². The first-order chi connectivity index (χ1) is 15.1. The molecule has 4 rings (SSSR count). The Kier molecular flexibility index (Phi) is 6.22. The van der Waals surface area contributed by atoms with E-state index in [1.807, 2.05) is 65.0 Å². The van der Waals surface area contributed by atoms with Gasteiger partial charge in [-0.25, -0.2) is 4.68 Å². The van der Waals surface area contributed by atoms with Crippen molar-refractivity contribution in [1.29, 1.82) is 0 Å². The summed E-state index contributed by atoms with van der Waals surface area (Å²) in [6.07, 6.45) is 4.53. The van der Waals surface area contributed by atoms with Gasteiger partial charge < -0.3 is 4.90 Å². The highest BCUT2D eigenvalue weighted by Gasteiger charge is 2.21. The Hall–Kier alpha value is -3.73. The highest BCUT2D eigenvalue weighted by atomic mass is 16.2. The van der Waals surface area contributed by atoms with Crippen molar-refractivity contribution in [2.24, 2.45) is 0 Å². The highest BCUT2D eigenvalue weighted by Crippen LogP contribution is 2.17. The number of carbonyl (C=O) groups is 1. The van der Waals surface area contributed by atoms with Gasteiger partial charge in [0, 0.05) is 31.2 Å². The Morgan fingerprint density at radius 2 is 1.61 bits per heavy atom. The van der Waals surface area contributed by atoms with Crippen LogP contribution in [0, 0.1) is 6.92 Å². The first-order valence-electron chi connectivity index (χ1n) is 10.5. The number of para-hydroxylation sites is 1. The molecule has 0 fully saturated rings. The number of hydrogen-bond acceptors (Lipinski definition) is 3. The Bertz CT molecular complexity index is 1140. The number of nitrogens with zero attached hydrogens (tertiary/aromatic N) is 4. The summed E-state index contributed by atoms with van der Waals surface area (Å²) in [5, 5.41) is 4.62. The Balaban J connectivity index is 1.63. The van der Waals surface area contributed by atoms with Crippen LogP contribution in [0.2, 0.25) is 0 Å². The van der Waals surface area contributed by atoms with E-state index in [0.717, 1.165) is 28.9 Å². The van der Waals surface area contributed by atoms with E-state index in [2.05, 4.69) is 41.3 Å². The third-order valence-corrected chi connectivity index (χ3v) is 5.30. The molecule has 2 heterocycles. The van der Waals surface area contributed by atoms with Crippen LogP contribution in [0.1, 0.15) is 39.8 Å². The maximum absolute atomic E-state index is 13.5. The zero-order valence-corrected chi connectivity index (χ0v) is 17.9. The lowest BCUT2D eigenvalue weighted by Crippen LogP contribution is -2.30. The molecule has 0 saturated carbocycles. The van der Waals surface area contributed by atoms with Crippen LogP contribution in [0.4, 0.5) is 0 Å². The second-order valence-corrected chi connectivity index (χ2v) is 7.61. The zero-order chi connectivity index (χ0) is 21.6. The second kappa shape index (κ2) is 9.39. The largest absolute Gasteiger partial charge is 0.329 e. The first kappa shape index (κ1) is 20.5. The van der Waals surface area contributed by atoms with Gasteiger partial charge in [0.05, 0.1) is 5.69 Å². The summed E-state index contributed by atoms with van der Waals surface area (Å²) >= 11 is 0. The lowest BCUT2D eigenvalue weighted by atomic mass is 10.1. The van der Waals surface area contributed by atoms with Crippen LogP contribution in [0.5, 0.6) is 0 Å². The topological polar surface area (TPSA) is 51.0 Å². The monoisotopic (exact) mass is 410 g/mol. The van der Waals surface area contributed by atoms with E-state index < -0.39 is 0 Å². The standard InChI is InChI=1S/C26H26N4O/c1-3-21-11-13-22(14-12-21)18-29(19-23-8-7-15-27-17-23)26(31)25-16-20(2)30(28-25)24-9-5-4-6-10-24/h4-17H,3,18-19H2,1-2H3. The molecule has 0 aliphatic heterocycles. The van der Waals surface area contributed by atoms with Crippen molar-refractivity contribution in [2.75, 3.05) is 0 Å². The lowest BCUT2D eigenvalue weighted by molar-refractivity contribution is 0.0723.